The minimum absolute atomic E-state index is 0.0555. The standard InChI is InChI=1S/C13H7BrClF3N4S/c14-8-1-2-23-11(8)12-21-9(13(16,17)18)5-22(12)6-10-19-3-7(15)4-20-10/h1-5H,6H2. The van der Waals surface area contributed by atoms with Crippen LogP contribution in [0.1, 0.15) is 11.5 Å². The summed E-state index contributed by atoms with van der Waals surface area (Å²) in [6.07, 6.45) is -0.775. The lowest BCUT2D eigenvalue weighted by Crippen LogP contribution is -2.06. The van der Waals surface area contributed by atoms with Gasteiger partial charge in [0.05, 0.1) is 16.4 Å². The van der Waals surface area contributed by atoms with Crippen molar-refractivity contribution in [1.82, 2.24) is 19.5 Å². The van der Waals surface area contributed by atoms with Crippen LogP contribution in [0.3, 0.4) is 0 Å². The summed E-state index contributed by atoms with van der Waals surface area (Å²) in [5, 5.41) is 2.13. The Morgan fingerprint density at radius 2 is 1.96 bits per heavy atom. The summed E-state index contributed by atoms with van der Waals surface area (Å²) in [5.74, 6) is 0.548. The molecule has 23 heavy (non-hydrogen) atoms. The van der Waals surface area contributed by atoms with E-state index in [4.69, 9.17) is 11.6 Å². The van der Waals surface area contributed by atoms with Gasteiger partial charge in [0.2, 0.25) is 0 Å². The van der Waals surface area contributed by atoms with Gasteiger partial charge >= 0.3 is 6.18 Å². The first-order valence-corrected chi connectivity index (χ1v) is 8.24. The Labute approximate surface area is 146 Å². The summed E-state index contributed by atoms with van der Waals surface area (Å²) in [6.45, 7) is 0.0555. The molecule has 10 heteroatoms. The molecular weight excluding hydrogens is 417 g/mol. The second kappa shape index (κ2) is 6.21. The van der Waals surface area contributed by atoms with Crippen LogP contribution in [-0.4, -0.2) is 19.5 Å². The molecule has 0 fully saturated rings. The van der Waals surface area contributed by atoms with Gasteiger partial charge < -0.3 is 4.57 Å². The highest BCUT2D eigenvalue weighted by Crippen LogP contribution is 2.36. The van der Waals surface area contributed by atoms with Gasteiger partial charge in [-0.1, -0.05) is 11.6 Å². The quantitative estimate of drug-likeness (QED) is 0.603. The van der Waals surface area contributed by atoms with Gasteiger partial charge in [0.25, 0.3) is 0 Å². The van der Waals surface area contributed by atoms with Crippen molar-refractivity contribution in [1.29, 1.82) is 0 Å². The zero-order valence-electron chi connectivity index (χ0n) is 11.2. The maximum Gasteiger partial charge on any atom is 0.434 e. The summed E-state index contributed by atoms with van der Waals surface area (Å²) in [5.41, 5.74) is -0.957. The highest BCUT2D eigenvalue weighted by atomic mass is 79.9. The molecule has 4 nitrogen and oxygen atoms in total. The number of hydrogen-bond donors (Lipinski definition) is 0. The Morgan fingerprint density at radius 1 is 1.26 bits per heavy atom. The fraction of sp³-hybridized carbons (Fsp3) is 0.154. The van der Waals surface area contributed by atoms with Crippen LogP contribution in [0.15, 0.2) is 34.5 Å². The van der Waals surface area contributed by atoms with Gasteiger partial charge in [0.15, 0.2) is 11.5 Å². The van der Waals surface area contributed by atoms with E-state index >= 15 is 0 Å². The molecule has 0 aliphatic carbocycles. The summed E-state index contributed by atoms with van der Waals surface area (Å²) in [6, 6.07) is 1.76. The van der Waals surface area contributed by atoms with E-state index in [1.807, 2.05) is 0 Å². The molecule has 120 valence electrons. The van der Waals surface area contributed by atoms with E-state index in [-0.39, 0.29) is 12.4 Å². The molecule has 3 aromatic rings. The molecule has 0 amide bonds. The predicted molar refractivity (Wildman–Crippen MR) is 84.4 cm³/mol. The number of nitrogens with zero attached hydrogens (tertiary/aromatic N) is 4. The zero-order valence-corrected chi connectivity index (χ0v) is 14.3. The molecule has 0 saturated carbocycles. The van der Waals surface area contributed by atoms with Crippen LogP contribution in [0.2, 0.25) is 5.02 Å². The van der Waals surface area contributed by atoms with Crippen molar-refractivity contribution >= 4 is 38.9 Å². The molecule has 0 N–H and O–H groups in total. The van der Waals surface area contributed by atoms with Crippen molar-refractivity contribution in [3.8, 4) is 10.7 Å². The van der Waals surface area contributed by atoms with Gasteiger partial charge in [0.1, 0.15) is 5.82 Å². The number of thiophene rings is 1. The lowest BCUT2D eigenvalue weighted by atomic mass is 10.4. The largest absolute Gasteiger partial charge is 0.434 e. The Balaban J connectivity index is 2.05. The molecular formula is C13H7BrClF3N4S. The molecule has 0 aromatic carbocycles. The summed E-state index contributed by atoms with van der Waals surface area (Å²) >= 11 is 10.3. The van der Waals surface area contributed by atoms with Crippen molar-refractivity contribution in [2.45, 2.75) is 12.7 Å². The SMILES string of the molecule is FC(F)(F)c1cn(Cc2ncc(Cl)cn2)c(-c2sccc2Br)n1. The molecule has 0 aliphatic rings. The van der Waals surface area contributed by atoms with E-state index < -0.39 is 11.9 Å². The van der Waals surface area contributed by atoms with Crippen molar-refractivity contribution in [2.75, 3.05) is 0 Å². The van der Waals surface area contributed by atoms with Crippen LogP contribution in [0.25, 0.3) is 10.7 Å². The first-order chi connectivity index (χ1) is 10.8. The number of alkyl halides is 3. The van der Waals surface area contributed by atoms with Crippen LogP contribution >= 0.6 is 38.9 Å². The topological polar surface area (TPSA) is 43.6 Å². The monoisotopic (exact) mass is 422 g/mol. The van der Waals surface area contributed by atoms with Gasteiger partial charge in [-0.2, -0.15) is 13.2 Å². The lowest BCUT2D eigenvalue weighted by Gasteiger charge is -2.05. The average Bonchev–Trinajstić information content (AvgIpc) is 3.07. The highest BCUT2D eigenvalue weighted by Gasteiger charge is 2.35. The third-order valence-electron chi connectivity index (χ3n) is 2.87. The molecule has 0 radical (unpaired) electrons. The third kappa shape index (κ3) is 3.56. The second-order valence-corrected chi connectivity index (χ2v) is 6.70. The number of hydrogen-bond acceptors (Lipinski definition) is 4. The normalized spacial score (nSPS) is 11.9. The predicted octanol–water partition coefficient (Wildman–Crippen LogP) is 4.88. The van der Waals surface area contributed by atoms with E-state index in [0.717, 1.165) is 6.20 Å². The van der Waals surface area contributed by atoms with Crippen molar-refractivity contribution in [3.05, 3.63) is 51.1 Å². The summed E-state index contributed by atoms with van der Waals surface area (Å²) in [7, 11) is 0. The van der Waals surface area contributed by atoms with Crippen molar-refractivity contribution < 1.29 is 13.2 Å². The minimum Gasteiger partial charge on any atom is -0.322 e. The van der Waals surface area contributed by atoms with Gasteiger partial charge in [-0.25, -0.2) is 15.0 Å². The van der Waals surface area contributed by atoms with Gasteiger partial charge in [-0.05, 0) is 27.4 Å². The molecule has 3 heterocycles. The Kier molecular flexibility index (Phi) is 4.43. The molecule has 3 rings (SSSR count). The molecule has 0 aliphatic heterocycles. The molecule has 0 spiro atoms. The molecule has 0 unspecified atom stereocenters. The summed E-state index contributed by atoms with van der Waals surface area (Å²) in [4.78, 5) is 12.4. The van der Waals surface area contributed by atoms with Gasteiger partial charge in [-0.3, -0.25) is 0 Å². The van der Waals surface area contributed by atoms with Crippen molar-refractivity contribution in [2.24, 2.45) is 0 Å². The molecule has 3 aromatic heterocycles. The maximum atomic E-state index is 13.0. The Bertz CT molecular complexity index is 829. The maximum absolute atomic E-state index is 13.0. The van der Waals surface area contributed by atoms with Crippen LogP contribution in [-0.2, 0) is 12.7 Å². The zero-order chi connectivity index (χ0) is 16.6. The van der Waals surface area contributed by atoms with Gasteiger partial charge in [-0.15, -0.1) is 11.3 Å². The third-order valence-corrected chi connectivity index (χ3v) is 4.90. The van der Waals surface area contributed by atoms with E-state index in [9.17, 15) is 13.2 Å². The number of imidazole rings is 1. The lowest BCUT2D eigenvalue weighted by molar-refractivity contribution is -0.140. The summed E-state index contributed by atoms with van der Waals surface area (Å²) < 4.78 is 41.0. The molecule has 0 bridgehead atoms. The van der Waals surface area contributed by atoms with Gasteiger partial charge in [0, 0.05) is 23.1 Å². The number of aromatic nitrogens is 4. The van der Waals surface area contributed by atoms with Crippen molar-refractivity contribution in [3.63, 3.8) is 0 Å². The van der Waals surface area contributed by atoms with E-state index in [1.165, 1.54) is 28.3 Å². The van der Waals surface area contributed by atoms with E-state index in [0.29, 0.717) is 20.2 Å². The first-order valence-electron chi connectivity index (χ1n) is 6.19. The van der Waals surface area contributed by atoms with E-state index in [2.05, 4.69) is 30.9 Å². The fourth-order valence-electron chi connectivity index (χ4n) is 1.88. The Morgan fingerprint density at radius 3 is 2.52 bits per heavy atom. The van der Waals surface area contributed by atoms with Crippen LogP contribution in [0.4, 0.5) is 13.2 Å². The number of rotatable bonds is 3. The number of halogens is 5. The average molecular weight is 424 g/mol. The van der Waals surface area contributed by atoms with E-state index in [1.54, 1.807) is 11.4 Å². The van der Waals surface area contributed by atoms with Crippen LogP contribution in [0.5, 0.6) is 0 Å². The fourth-order valence-corrected chi connectivity index (χ4v) is 3.53. The Hall–Kier alpha value is -1.45. The minimum atomic E-state index is -4.52. The van der Waals surface area contributed by atoms with Crippen LogP contribution in [0, 0.1) is 0 Å². The molecule has 0 saturated heterocycles. The molecule has 0 atom stereocenters. The highest BCUT2D eigenvalue weighted by molar-refractivity contribution is 9.10. The van der Waals surface area contributed by atoms with Crippen LogP contribution < -0.4 is 0 Å². The first kappa shape index (κ1) is 16.4. The smallest absolute Gasteiger partial charge is 0.322 e. The second-order valence-electron chi connectivity index (χ2n) is 4.49.